The van der Waals surface area contributed by atoms with Crippen LogP contribution >= 0.6 is 12.2 Å². The Hall–Kier alpha value is -2.40. The normalized spacial score (nSPS) is 17.4. The SMILES string of the molecule is Cc1ccccc1[C@@H]1CC(c2ccccc2O)=NN1C(N)=S. The van der Waals surface area contributed by atoms with Gasteiger partial charge >= 0.3 is 0 Å². The molecule has 3 N–H and O–H groups in total. The lowest BCUT2D eigenvalue weighted by molar-refractivity contribution is 0.371. The Morgan fingerprint density at radius 1 is 1.23 bits per heavy atom. The summed E-state index contributed by atoms with van der Waals surface area (Å²) >= 11 is 5.15. The fourth-order valence-electron chi connectivity index (χ4n) is 2.80. The molecule has 4 nitrogen and oxygen atoms in total. The van der Waals surface area contributed by atoms with Gasteiger partial charge in [0.2, 0.25) is 0 Å². The molecule has 0 fully saturated rings. The van der Waals surface area contributed by atoms with Gasteiger partial charge in [0.1, 0.15) is 5.75 Å². The number of nitrogens with two attached hydrogens (primary N) is 1. The van der Waals surface area contributed by atoms with Crippen LogP contribution in [-0.2, 0) is 0 Å². The molecule has 112 valence electrons. The van der Waals surface area contributed by atoms with Crippen molar-refractivity contribution in [1.82, 2.24) is 5.01 Å². The Kier molecular flexibility index (Phi) is 3.81. The van der Waals surface area contributed by atoms with E-state index in [4.69, 9.17) is 18.0 Å². The van der Waals surface area contributed by atoms with Gasteiger partial charge in [0.25, 0.3) is 0 Å². The molecule has 0 saturated carbocycles. The van der Waals surface area contributed by atoms with Crippen LogP contribution in [0.15, 0.2) is 53.6 Å². The summed E-state index contributed by atoms with van der Waals surface area (Å²) < 4.78 is 0. The van der Waals surface area contributed by atoms with Gasteiger partial charge in [-0.1, -0.05) is 36.4 Å². The maximum Gasteiger partial charge on any atom is 0.187 e. The molecule has 0 bridgehead atoms. The molecule has 0 radical (unpaired) electrons. The Morgan fingerprint density at radius 2 is 1.91 bits per heavy atom. The number of thiocarbonyl (C=S) groups is 1. The van der Waals surface area contributed by atoms with Crippen molar-refractivity contribution in [3.63, 3.8) is 0 Å². The molecule has 1 aliphatic rings. The average molecular weight is 311 g/mol. The van der Waals surface area contributed by atoms with Crippen LogP contribution in [-0.4, -0.2) is 20.9 Å². The van der Waals surface area contributed by atoms with Crippen LogP contribution in [0.1, 0.15) is 29.2 Å². The van der Waals surface area contributed by atoms with E-state index in [1.54, 1.807) is 17.1 Å². The molecule has 1 atom stereocenters. The molecular weight excluding hydrogens is 294 g/mol. The minimum Gasteiger partial charge on any atom is -0.507 e. The number of hydrogen-bond acceptors (Lipinski definition) is 3. The summed E-state index contributed by atoms with van der Waals surface area (Å²) in [5.74, 6) is 0.217. The van der Waals surface area contributed by atoms with Crippen molar-refractivity contribution in [1.29, 1.82) is 0 Å². The zero-order valence-corrected chi connectivity index (χ0v) is 13.0. The van der Waals surface area contributed by atoms with Gasteiger partial charge in [0.05, 0.1) is 11.8 Å². The summed E-state index contributed by atoms with van der Waals surface area (Å²) in [5.41, 5.74) is 9.67. The van der Waals surface area contributed by atoms with Gasteiger partial charge in [0, 0.05) is 12.0 Å². The predicted octanol–water partition coefficient (Wildman–Crippen LogP) is 3.10. The van der Waals surface area contributed by atoms with Gasteiger partial charge in [-0.05, 0) is 42.4 Å². The highest BCUT2D eigenvalue weighted by molar-refractivity contribution is 7.80. The highest BCUT2D eigenvalue weighted by Gasteiger charge is 2.31. The third kappa shape index (κ3) is 2.55. The highest BCUT2D eigenvalue weighted by atomic mass is 32.1. The fraction of sp³-hybridized carbons (Fsp3) is 0.176. The van der Waals surface area contributed by atoms with E-state index in [-0.39, 0.29) is 16.9 Å². The van der Waals surface area contributed by atoms with Gasteiger partial charge in [-0.3, -0.25) is 0 Å². The van der Waals surface area contributed by atoms with Crippen LogP contribution in [0.25, 0.3) is 0 Å². The largest absolute Gasteiger partial charge is 0.507 e. The lowest BCUT2D eigenvalue weighted by Gasteiger charge is -2.23. The molecule has 0 aromatic heterocycles. The van der Waals surface area contributed by atoms with Crippen molar-refractivity contribution in [3.05, 3.63) is 65.2 Å². The van der Waals surface area contributed by atoms with Crippen molar-refractivity contribution in [2.24, 2.45) is 10.8 Å². The summed E-state index contributed by atoms with van der Waals surface area (Å²) in [6.45, 7) is 2.06. The number of para-hydroxylation sites is 1. The van der Waals surface area contributed by atoms with E-state index in [0.717, 1.165) is 16.8 Å². The Labute approximate surface area is 134 Å². The minimum atomic E-state index is -0.0340. The van der Waals surface area contributed by atoms with Crippen molar-refractivity contribution in [2.75, 3.05) is 0 Å². The summed E-state index contributed by atoms with van der Waals surface area (Å²) in [5, 5.41) is 16.5. The molecule has 5 heteroatoms. The Bertz CT molecular complexity index is 757. The standard InChI is InChI=1S/C17H17N3OS/c1-11-6-2-3-7-12(11)15-10-14(19-20(15)17(18)22)13-8-4-5-9-16(13)21/h2-9,15,21H,10H2,1H3,(H2,18,22)/t15-/m0/s1. The molecule has 0 spiro atoms. The molecule has 1 heterocycles. The molecule has 0 unspecified atom stereocenters. The molecule has 1 aliphatic heterocycles. The second-order valence-corrected chi connectivity index (χ2v) is 5.74. The maximum absolute atomic E-state index is 10.0. The number of hydrogen-bond donors (Lipinski definition) is 2. The molecule has 2 aromatic rings. The van der Waals surface area contributed by atoms with Crippen molar-refractivity contribution < 1.29 is 5.11 Å². The molecule has 0 amide bonds. The van der Waals surface area contributed by atoms with E-state index in [2.05, 4.69) is 24.2 Å². The number of nitrogens with zero attached hydrogens (tertiary/aromatic N) is 2. The van der Waals surface area contributed by atoms with E-state index in [9.17, 15) is 5.11 Å². The number of aryl methyl sites for hydroxylation is 1. The van der Waals surface area contributed by atoms with E-state index < -0.39 is 0 Å². The first-order chi connectivity index (χ1) is 10.6. The minimum absolute atomic E-state index is 0.0340. The van der Waals surface area contributed by atoms with Gasteiger partial charge in [-0.15, -0.1) is 0 Å². The Balaban J connectivity index is 2.01. The molecule has 3 rings (SSSR count). The van der Waals surface area contributed by atoms with Crippen molar-refractivity contribution >= 4 is 23.0 Å². The van der Waals surface area contributed by atoms with Crippen LogP contribution in [0.5, 0.6) is 5.75 Å². The monoisotopic (exact) mass is 311 g/mol. The van der Waals surface area contributed by atoms with Crippen LogP contribution in [0.3, 0.4) is 0 Å². The van der Waals surface area contributed by atoms with E-state index >= 15 is 0 Å². The van der Waals surface area contributed by atoms with E-state index in [1.165, 1.54) is 5.56 Å². The summed E-state index contributed by atoms with van der Waals surface area (Å²) in [6.07, 6.45) is 0.653. The van der Waals surface area contributed by atoms with E-state index in [1.807, 2.05) is 24.3 Å². The second-order valence-electron chi connectivity index (χ2n) is 5.32. The number of rotatable bonds is 2. The van der Waals surface area contributed by atoms with E-state index in [0.29, 0.717) is 6.42 Å². The molecular formula is C17H17N3OS. The second kappa shape index (κ2) is 5.77. The summed E-state index contributed by atoms with van der Waals surface area (Å²) in [6, 6.07) is 15.3. The number of phenols is 1. The van der Waals surface area contributed by atoms with Crippen molar-refractivity contribution in [2.45, 2.75) is 19.4 Å². The van der Waals surface area contributed by atoms with Gasteiger partial charge < -0.3 is 10.8 Å². The smallest absolute Gasteiger partial charge is 0.187 e. The van der Waals surface area contributed by atoms with Gasteiger partial charge in [0.15, 0.2) is 5.11 Å². The lowest BCUT2D eigenvalue weighted by atomic mass is 9.95. The fourth-order valence-corrected chi connectivity index (χ4v) is 2.96. The molecule has 0 saturated heterocycles. The van der Waals surface area contributed by atoms with Gasteiger partial charge in [-0.2, -0.15) is 5.10 Å². The third-order valence-electron chi connectivity index (χ3n) is 3.90. The third-order valence-corrected chi connectivity index (χ3v) is 4.09. The van der Waals surface area contributed by atoms with Crippen LogP contribution in [0, 0.1) is 6.92 Å². The topological polar surface area (TPSA) is 61.9 Å². The number of benzene rings is 2. The predicted molar refractivity (Wildman–Crippen MR) is 91.8 cm³/mol. The zero-order chi connectivity index (χ0) is 15.7. The van der Waals surface area contributed by atoms with Gasteiger partial charge in [-0.25, -0.2) is 5.01 Å². The highest BCUT2D eigenvalue weighted by Crippen LogP contribution is 2.35. The first-order valence-electron chi connectivity index (χ1n) is 7.08. The molecule has 2 aromatic carbocycles. The molecule has 22 heavy (non-hydrogen) atoms. The summed E-state index contributed by atoms with van der Waals surface area (Å²) in [4.78, 5) is 0. The number of hydrazone groups is 1. The summed E-state index contributed by atoms with van der Waals surface area (Å²) in [7, 11) is 0. The zero-order valence-electron chi connectivity index (χ0n) is 12.2. The number of phenolic OH excluding ortho intramolecular Hbond substituents is 1. The van der Waals surface area contributed by atoms with Crippen LogP contribution < -0.4 is 5.73 Å². The first kappa shape index (κ1) is 14.5. The maximum atomic E-state index is 10.0. The van der Waals surface area contributed by atoms with Crippen LogP contribution in [0.4, 0.5) is 0 Å². The average Bonchev–Trinajstić information content (AvgIpc) is 2.93. The van der Waals surface area contributed by atoms with Crippen molar-refractivity contribution in [3.8, 4) is 5.75 Å². The first-order valence-corrected chi connectivity index (χ1v) is 7.49. The molecule has 0 aliphatic carbocycles. The lowest BCUT2D eigenvalue weighted by Crippen LogP contribution is -2.31. The van der Waals surface area contributed by atoms with Crippen LogP contribution in [0.2, 0.25) is 0 Å². The quantitative estimate of drug-likeness (QED) is 0.837. The Morgan fingerprint density at radius 3 is 2.59 bits per heavy atom. The number of aromatic hydroxyl groups is 1.